The molecule has 17 heavy (non-hydrogen) atoms. The van der Waals surface area contributed by atoms with Crippen LogP contribution in [0, 0.1) is 6.92 Å². The van der Waals surface area contributed by atoms with Gasteiger partial charge in [-0.1, -0.05) is 0 Å². The Bertz CT molecular complexity index is 523. The maximum atomic E-state index is 5.52. The lowest BCUT2D eigenvalue weighted by Gasteiger charge is -2.10. The number of nitrogens with zero attached hydrogens (tertiary/aromatic N) is 1. The van der Waals surface area contributed by atoms with Crippen LogP contribution in [0.1, 0.15) is 19.5 Å². The van der Waals surface area contributed by atoms with Crippen molar-refractivity contribution in [2.75, 3.05) is 18.5 Å². The molecule has 1 aromatic carbocycles. The molecule has 2 rings (SSSR count). The number of hydrogen-bond donors (Lipinski definition) is 1. The second-order valence-electron chi connectivity index (χ2n) is 3.95. The molecular formula is C14H18N2O. The molecule has 0 amide bonds. The molecule has 1 aromatic heterocycles. The molecule has 0 bridgehead atoms. The summed E-state index contributed by atoms with van der Waals surface area (Å²) in [5.41, 5.74) is 3.15. The molecule has 0 unspecified atom stereocenters. The minimum atomic E-state index is 0.682. The van der Waals surface area contributed by atoms with Crippen molar-refractivity contribution in [3.63, 3.8) is 0 Å². The highest BCUT2D eigenvalue weighted by Crippen LogP contribution is 2.27. The number of pyridine rings is 1. The Morgan fingerprint density at radius 2 is 2.06 bits per heavy atom. The van der Waals surface area contributed by atoms with E-state index < -0.39 is 0 Å². The van der Waals surface area contributed by atoms with Crippen molar-refractivity contribution in [1.82, 2.24) is 4.98 Å². The van der Waals surface area contributed by atoms with Gasteiger partial charge in [0.05, 0.1) is 12.1 Å². The first-order valence-corrected chi connectivity index (χ1v) is 6.02. The number of benzene rings is 1. The average molecular weight is 230 g/mol. The van der Waals surface area contributed by atoms with E-state index >= 15 is 0 Å². The van der Waals surface area contributed by atoms with Gasteiger partial charge in [-0.05, 0) is 45.0 Å². The summed E-state index contributed by atoms with van der Waals surface area (Å²) in [5, 5.41) is 4.48. The lowest BCUT2D eigenvalue weighted by atomic mass is 10.1. The summed E-state index contributed by atoms with van der Waals surface area (Å²) in [6.45, 7) is 7.67. The highest BCUT2D eigenvalue weighted by atomic mass is 16.5. The minimum Gasteiger partial charge on any atom is -0.494 e. The van der Waals surface area contributed by atoms with Crippen LogP contribution in [0.25, 0.3) is 10.9 Å². The fourth-order valence-electron chi connectivity index (χ4n) is 1.93. The molecule has 1 heterocycles. The molecule has 0 radical (unpaired) electrons. The number of ether oxygens (including phenoxy) is 1. The molecule has 1 N–H and O–H groups in total. The molecule has 0 atom stereocenters. The van der Waals surface area contributed by atoms with Gasteiger partial charge in [0.25, 0.3) is 0 Å². The second kappa shape index (κ2) is 5.04. The van der Waals surface area contributed by atoms with E-state index in [-0.39, 0.29) is 0 Å². The lowest BCUT2D eigenvalue weighted by molar-refractivity contribution is 0.340. The Hall–Kier alpha value is -1.77. The summed E-state index contributed by atoms with van der Waals surface area (Å²) in [5.74, 6) is 0.893. The van der Waals surface area contributed by atoms with Crippen LogP contribution in [0.5, 0.6) is 5.75 Å². The molecule has 0 aliphatic rings. The number of fused-ring (bicyclic) bond motifs is 1. The fourth-order valence-corrected chi connectivity index (χ4v) is 1.93. The van der Waals surface area contributed by atoms with E-state index in [1.54, 1.807) is 0 Å². The molecule has 0 aliphatic heterocycles. The Morgan fingerprint density at radius 3 is 2.76 bits per heavy atom. The van der Waals surface area contributed by atoms with Crippen LogP contribution in [0.15, 0.2) is 24.3 Å². The Balaban J connectivity index is 2.56. The Labute approximate surface area is 102 Å². The molecule has 3 nitrogen and oxygen atoms in total. The largest absolute Gasteiger partial charge is 0.494 e. The van der Waals surface area contributed by atoms with Crippen molar-refractivity contribution in [3.8, 4) is 5.75 Å². The minimum absolute atomic E-state index is 0.682. The van der Waals surface area contributed by atoms with E-state index in [0.29, 0.717) is 6.61 Å². The summed E-state index contributed by atoms with van der Waals surface area (Å²) in [6.07, 6.45) is 0. The fraction of sp³-hybridized carbons (Fsp3) is 0.357. The monoisotopic (exact) mass is 230 g/mol. The number of nitrogens with one attached hydrogen (secondary N) is 1. The van der Waals surface area contributed by atoms with Crippen LogP contribution >= 0.6 is 0 Å². The van der Waals surface area contributed by atoms with Gasteiger partial charge in [0, 0.05) is 23.3 Å². The van der Waals surface area contributed by atoms with Gasteiger partial charge in [-0.15, -0.1) is 0 Å². The molecule has 2 aromatic rings. The highest BCUT2D eigenvalue weighted by molar-refractivity contribution is 5.92. The maximum Gasteiger partial charge on any atom is 0.120 e. The van der Waals surface area contributed by atoms with Crippen LogP contribution in [0.3, 0.4) is 0 Å². The molecule has 0 saturated carbocycles. The summed E-state index contributed by atoms with van der Waals surface area (Å²) in [6, 6.07) is 8.09. The zero-order valence-corrected chi connectivity index (χ0v) is 10.6. The van der Waals surface area contributed by atoms with Gasteiger partial charge in [0.2, 0.25) is 0 Å². The predicted molar refractivity (Wildman–Crippen MR) is 71.8 cm³/mol. The zero-order chi connectivity index (χ0) is 12.3. The molecule has 0 saturated heterocycles. The summed E-state index contributed by atoms with van der Waals surface area (Å²) in [4.78, 5) is 4.52. The van der Waals surface area contributed by atoms with E-state index in [0.717, 1.165) is 34.6 Å². The standard InChI is InChI=1S/C14H18N2O/c1-4-15-14-8-10(3)16-13-7-6-11(17-5-2)9-12(13)14/h6-9H,4-5H2,1-3H3,(H,15,16). The van der Waals surface area contributed by atoms with E-state index in [9.17, 15) is 0 Å². The quantitative estimate of drug-likeness (QED) is 0.874. The first-order valence-electron chi connectivity index (χ1n) is 6.02. The Morgan fingerprint density at radius 1 is 1.24 bits per heavy atom. The summed E-state index contributed by atoms with van der Waals surface area (Å²) < 4.78 is 5.52. The van der Waals surface area contributed by atoms with Gasteiger partial charge in [-0.3, -0.25) is 4.98 Å². The van der Waals surface area contributed by atoms with Crippen molar-refractivity contribution < 1.29 is 4.74 Å². The molecule has 3 heteroatoms. The molecular weight excluding hydrogens is 212 g/mol. The van der Waals surface area contributed by atoms with Gasteiger partial charge in [0.15, 0.2) is 0 Å². The molecule has 0 spiro atoms. The third-order valence-corrected chi connectivity index (χ3v) is 2.59. The Kier molecular flexibility index (Phi) is 3.47. The maximum absolute atomic E-state index is 5.52. The smallest absolute Gasteiger partial charge is 0.120 e. The molecule has 90 valence electrons. The van der Waals surface area contributed by atoms with E-state index in [1.165, 1.54) is 0 Å². The van der Waals surface area contributed by atoms with Crippen molar-refractivity contribution >= 4 is 16.6 Å². The van der Waals surface area contributed by atoms with E-state index in [1.807, 2.05) is 32.0 Å². The number of rotatable bonds is 4. The lowest BCUT2D eigenvalue weighted by Crippen LogP contribution is -1.99. The van der Waals surface area contributed by atoms with Crippen molar-refractivity contribution in [3.05, 3.63) is 30.0 Å². The average Bonchev–Trinajstić information content (AvgIpc) is 2.30. The number of aryl methyl sites for hydroxylation is 1. The van der Waals surface area contributed by atoms with E-state index in [4.69, 9.17) is 4.74 Å². The third kappa shape index (κ3) is 2.49. The van der Waals surface area contributed by atoms with Crippen molar-refractivity contribution in [1.29, 1.82) is 0 Å². The summed E-state index contributed by atoms with van der Waals surface area (Å²) >= 11 is 0. The number of anilines is 1. The zero-order valence-electron chi connectivity index (χ0n) is 10.6. The van der Waals surface area contributed by atoms with Crippen LogP contribution in [0.4, 0.5) is 5.69 Å². The topological polar surface area (TPSA) is 34.2 Å². The van der Waals surface area contributed by atoms with Gasteiger partial charge in [-0.25, -0.2) is 0 Å². The van der Waals surface area contributed by atoms with Gasteiger partial charge >= 0.3 is 0 Å². The summed E-state index contributed by atoms with van der Waals surface area (Å²) in [7, 11) is 0. The van der Waals surface area contributed by atoms with Crippen LogP contribution in [-0.2, 0) is 0 Å². The molecule has 0 aliphatic carbocycles. The SMILES string of the molecule is CCNc1cc(C)nc2ccc(OCC)cc12. The van der Waals surface area contributed by atoms with Crippen molar-refractivity contribution in [2.24, 2.45) is 0 Å². The van der Waals surface area contributed by atoms with Gasteiger partial charge in [0.1, 0.15) is 5.75 Å². The number of hydrogen-bond acceptors (Lipinski definition) is 3. The van der Waals surface area contributed by atoms with Gasteiger partial charge in [-0.2, -0.15) is 0 Å². The van der Waals surface area contributed by atoms with E-state index in [2.05, 4.69) is 23.3 Å². The number of aromatic nitrogens is 1. The van der Waals surface area contributed by atoms with Crippen LogP contribution < -0.4 is 10.1 Å². The highest BCUT2D eigenvalue weighted by Gasteiger charge is 2.04. The second-order valence-corrected chi connectivity index (χ2v) is 3.95. The van der Waals surface area contributed by atoms with Crippen molar-refractivity contribution in [2.45, 2.75) is 20.8 Å². The predicted octanol–water partition coefficient (Wildman–Crippen LogP) is 3.37. The molecule has 0 fully saturated rings. The van der Waals surface area contributed by atoms with Gasteiger partial charge < -0.3 is 10.1 Å². The first kappa shape index (κ1) is 11.7. The van der Waals surface area contributed by atoms with Crippen LogP contribution in [-0.4, -0.2) is 18.1 Å². The first-order chi connectivity index (χ1) is 8.24. The third-order valence-electron chi connectivity index (χ3n) is 2.59. The normalized spacial score (nSPS) is 10.5. The van der Waals surface area contributed by atoms with Crippen LogP contribution in [0.2, 0.25) is 0 Å².